The van der Waals surface area contributed by atoms with Gasteiger partial charge in [0.1, 0.15) is 0 Å². The molecule has 0 spiro atoms. The Morgan fingerprint density at radius 2 is 1.88 bits per heavy atom. The van der Waals surface area contributed by atoms with Gasteiger partial charge in [0.05, 0.1) is 6.61 Å². The largest absolute Gasteiger partial charge is 0.395 e. The average molecular weight is 331 g/mol. The van der Waals surface area contributed by atoms with E-state index in [1.165, 1.54) is 24.8 Å². The Hall–Kier alpha value is -1.43. The van der Waals surface area contributed by atoms with Crippen LogP contribution < -0.4 is 5.32 Å². The van der Waals surface area contributed by atoms with Crippen molar-refractivity contribution in [2.45, 2.75) is 51.2 Å². The third-order valence-corrected chi connectivity index (χ3v) is 5.36. The molecule has 5 nitrogen and oxygen atoms in total. The maximum absolute atomic E-state index is 11.4. The minimum Gasteiger partial charge on any atom is -0.395 e. The fraction of sp³-hybridized carbons (Fsp3) is 0.632. The quantitative estimate of drug-likeness (QED) is 0.838. The van der Waals surface area contributed by atoms with Crippen LogP contribution in [-0.4, -0.2) is 59.1 Å². The standard InChI is InChI=1S/C19H29N3O2/c1-15(24)20-19-9-3-2-6-16(19)12-21-10-4-7-17(21)13-22-11-5-8-18(22)14-23/h2-3,6,9,17-18,23H,4-5,7-8,10-14H2,1H3,(H,20,24)/t17-,18-/m0/s1. The number of rotatable bonds is 6. The molecule has 2 heterocycles. The maximum atomic E-state index is 11.4. The molecule has 2 aliphatic rings. The first-order chi connectivity index (χ1) is 11.7. The lowest BCUT2D eigenvalue weighted by atomic mass is 10.1. The van der Waals surface area contributed by atoms with E-state index in [9.17, 15) is 9.90 Å². The van der Waals surface area contributed by atoms with Gasteiger partial charge in [0.25, 0.3) is 0 Å². The molecule has 2 N–H and O–H groups in total. The fourth-order valence-electron chi connectivity index (χ4n) is 4.11. The molecule has 2 fully saturated rings. The second kappa shape index (κ2) is 8.10. The molecular weight excluding hydrogens is 302 g/mol. The van der Waals surface area contributed by atoms with Crippen molar-refractivity contribution in [1.29, 1.82) is 0 Å². The van der Waals surface area contributed by atoms with Crippen molar-refractivity contribution in [3.63, 3.8) is 0 Å². The molecule has 2 saturated heterocycles. The van der Waals surface area contributed by atoms with Crippen LogP contribution >= 0.6 is 0 Å². The number of carbonyl (C=O) groups is 1. The lowest BCUT2D eigenvalue weighted by molar-refractivity contribution is -0.114. The maximum Gasteiger partial charge on any atom is 0.221 e. The number of likely N-dealkylation sites (tertiary alicyclic amines) is 2. The molecule has 0 saturated carbocycles. The van der Waals surface area contributed by atoms with Crippen molar-refractivity contribution in [2.24, 2.45) is 0 Å². The second-order valence-electron chi connectivity index (χ2n) is 7.08. The van der Waals surface area contributed by atoms with Crippen LogP contribution in [0.3, 0.4) is 0 Å². The Bertz CT molecular complexity index is 563. The highest BCUT2D eigenvalue weighted by Crippen LogP contribution is 2.26. The Kier molecular flexibility index (Phi) is 5.87. The number of nitrogens with zero attached hydrogens (tertiary/aromatic N) is 2. The van der Waals surface area contributed by atoms with E-state index in [2.05, 4.69) is 21.2 Å². The summed E-state index contributed by atoms with van der Waals surface area (Å²) < 4.78 is 0. The topological polar surface area (TPSA) is 55.8 Å². The van der Waals surface area contributed by atoms with Crippen LogP contribution in [0.15, 0.2) is 24.3 Å². The minimum atomic E-state index is -0.0247. The van der Waals surface area contributed by atoms with Gasteiger partial charge < -0.3 is 10.4 Å². The van der Waals surface area contributed by atoms with Gasteiger partial charge in [-0.05, 0) is 50.4 Å². The highest BCUT2D eigenvalue weighted by atomic mass is 16.3. The van der Waals surface area contributed by atoms with Gasteiger partial charge in [-0.25, -0.2) is 0 Å². The molecule has 2 atom stereocenters. The zero-order chi connectivity index (χ0) is 16.9. The van der Waals surface area contributed by atoms with E-state index in [0.717, 1.165) is 38.3 Å². The number of nitrogens with one attached hydrogen (secondary N) is 1. The van der Waals surface area contributed by atoms with E-state index >= 15 is 0 Å². The van der Waals surface area contributed by atoms with Gasteiger partial charge in [0.15, 0.2) is 0 Å². The smallest absolute Gasteiger partial charge is 0.221 e. The predicted octanol–water partition coefficient (Wildman–Crippen LogP) is 2.07. The minimum absolute atomic E-state index is 0.0247. The van der Waals surface area contributed by atoms with Crippen LogP contribution in [0.4, 0.5) is 5.69 Å². The van der Waals surface area contributed by atoms with Crippen molar-refractivity contribution in [2.75, 3.05) is 31.6 Å². The third-order valence-electron chi connectivity index (χ3n) is 5.36. The molecule has 1 aromatic rings. The van der Waals surface area contributed by atoms with Gasteiger partial charge in [-0.15, -0.1) is 0 Å². The average Bonchev–Trinajstić information content (AvgIpc) is 3.19. The van der Waals surface area contributed by atoms with Gasteiger partial charge in [-0.3, -0.25) is 14.6 Å². The molecule has 0 aliphatic carbocycles. The Labute approximate surface area is 144 Å². The van der Waals surface area contributed by atoms with E-state index in [4.69, 9.17) is 0 Å². The van der Waals surface area contributed by atoms with Crippen LogP contribution in [-0.2, 0) is 11.3 Å². The number of amides is 1. The number of aliphatic hydroxyl groups is 1. The van der Waals surface area contributed by atoms with Gasteiger partial charge >= 0.3 is 0 Å². The molecule has 132 valence electrons. The number of para-hydroxylation sites is 1. The Morgan fingerprint density at radius 1 is 1.17 bits per heavy atom. The molecule has 2 aliphatic heterocycles. The third kappa shape index (κ3) is 4.15. The Balaban J connectivity index is 1.65. The summed E-state index contributed by atoms with van der Waals surface area (Å²) in [7, 11) is 0. The molecule has 24 heavy (non-hydrogen) atoms. The number of hydrogen-bond acceptors (Lipinski definition) is 4. The summed E-state index contributed by atoms with van der Waals surface area (Å²) in [6.07, 6.45) is 4.76. The lowest BCUT2D eigenvalue weighted by Gasteiger charge is -2.31. The first kappa shape index (κ1) is 17.4. The number of anilines is 1. The van der Waals surface area contributed by atoms with Crippen molar-refractivity contribution in [3.05, 3.63) is 29.8 Å². The van der Waals surface area contributed by atoms with E-state index < -0.39 is 0 Å². The SMILES string of the molecule is CC(=O)Nc1ccccc1CN1CCC[C@H]1CN1CCC[C@H]1CO. The Morgan fingerprint density at radius 3 is 2.62 bits per heavy atom. The monoisotopic (exact) mass is 331 g/mol. The first-order valence-corrected chi connectivity index (χ1v) is 9.12. The predicted molar refractivity (Wildman–Crippen MR) is 95.9 cm³/mol. The first-order valence-electron chi connectivity index (χ1n) is 9.12. The summed E-state index contributed by atoms with van der Waals surface area (Å²) in [6, 6.07) is 8.97. The lowest BCUT2D eigenvalue weighted by Crippen LogP contribution is -2.43. The zero-order valence-corrected chi connectivity index (χ0v) is 14.6. The summed E-state index contributed by atoms with van der Waals surface area (Å²) in [5.74, 6) is -0.0247. The van der Waals surface area contributed by atoms with E-state index in [1.54, 1.807) is 6.92 Å². The van der Waals surface area contributed by atoms with Gasteiger partial charge in [-0.2, -0.15) is 0 Å². The zero-order valence-electron chi connectivity index (χ0n) is 14.6. The molecule has 0 aromatic heterocycles. The van der Waals surface area contributed by atoms with Crippen LogP contribution in [0.5, 0.6) is 0 Å². The number of aliphatic hydroxyl groups excluding tert-OH is 1. The van der Waals surface area contributed by atoms with E-state index in [1.807, 2.05) is 18.2 Å². The molecule has 5 heteroatoms. The summed E-state index contributed by atoms with van der Waals surface area (Å²) in [4.78, 5) is 16.4. The second-order valence-corrected chi connectivity index (χ2v) is 7.08. The van der Waals surface area contributed by atoms with Crippen LogP contribution in [0.2, 0.25) is 0 Å². The van der Waals surface area contributed by atoms with Crippen LogP contribution in [0, 0.1) is 0 Å². The fourth-order valence-corrected chi connectivity index (χ4v) is 4.11. The number of carbonyl (C=O) groups excluding carboxylic acids is 1. The number of benzene rings is 1. The van der Waals surface area contributed by atoms with Crippen LogP contribution in [0.1, 0.15) is 38.2 Å². The summed E-state index contributed by atoms with van der Waals surface area (Å²) in [5, 5.41) is 12.5. The number of hydrogen-bond donors (Lipinski definition) is 2. The van der Waals surface area contributed by atoms with E-state index in [0.29, 0.717) is 12.1 Å². The van der Waals surface area contributed by atoms with Gasteiger partial charge in [0.2, 0.25) is 5.91 Å². The van der Waals surface area contributed by atoms with Crippen molar-refractivity contribution < 1.29 is 9.90 Å². The molecule has 0 radical (unpaired) electrons. The van der Waals surface area contributed by atoms with E-state index in [-0.39, 0.29) is 12.5 Å². The normalized spacial score (nSPS) is 25.2. The van der Waals surface area contributed by atoms with Crippen LogP contribution in [0.25, 0.3) is 0 Å². The molecular formula is C19H29N3O2. The highest BCUT2D eigenvalue weighted by Gasteiger charge is 2.31. The van der Waals surface area contributed by atoms with Gasteiger partial charge in [-0.1, -0.05) is 18.2 Å². The van der Waals surface area contributed by atoms with Crippen molar-refractivity contribution in [1.82, 2.24) is 9.80 Å². The summed E-state index contributed by atoms with van der Waals surface area (Å²) >= 11 is 0. The molecule has 3 rings (SSSR count). The van der Waals surface area contributed by atoms with Crippen molar-refractivity contribution in [3.8, 4) is 0 Å². The highest BCUT2D eigenvalue weighted by molar-refractivity contribution is 5.89. The van der Waals surface area contributed by atoms with Crippen molar-refractivity contribution >= 4 is 11.6 Å². The molecule has 1 aromatic carbocycles. The summed E-state index contributed by atoms with van der Waals surface area (Å²) in [5.41, 5.74) is 2.10. The molecule has 0 unspecified atom stereocenters. The molecule has 1 amide bonds. The molecule has 0 bridgehead atoms. The summed E-state index contributed by atoms with van der Waals surface area (Å²) in [6.45, 7) is 5.97. The van der Waals surface area contributed by atoms with Gasteiger partial charge in [0, 0.05) is 37.8 Å².